The van der Waals surface area contributed by atoms with Gasteiger partial charge in [0.15, 0.2) is 0 Å². The van der Waals surface area contributed by atoms with Crippen LogP contribution in [0.1, 0.15) is 37.8 Å². The summed E-state index contributed by atoms with van der Waals surface area (Å²) in [7, 11) is 0. The zero-order valence-electron chi connectivity index (χ0n) is 15.9. The van der Waals surface area contributed by atoms with Gasteiger partial charge in [0.05, 0.1) is 11.3 Å². The molecular weight excluding hydrogens is 357 g/mol. The van der Waals surface area contributed by atoms with Gasteiger partial charge < -0.3 is 10.6 Å². The fraction of sp³-hybridized carbons (Fsp3) is 0.381. The highest BCUT2D eigenvalue weighted by Crippen LogP contribution is 2.24. The van der Waals surface area contributed by atoms with Crippen LogP contribution in [0, 0.1) is 34.9 Å². The highest BCUT2D eigenvalue weighted by atomic mass is 19.1. The number of aromatic amines is 1. The van der Waals surface area contributed by atoms with Gasteiger partial charge >= 0.3 is 0 Å². The lowest BCUT2D eigenvalue weighted by Crippen LogP contribution is -2.41. The summed E-state index contributed by atoms with van der Waals surface area (Å²) in [6, 6.07) is 6.12. The number of H-pyrrole nitrogens is 1. The highest BCUT2D eigenvalue weighted by molar-refractivity contribution is 5.69. The maximum absolute atomic E-state index is 14.2. The van der Waals surface area contributed by atoms with Gasteiger partial charge in [-0.05, 0) is 25.0 Å². The van der Waals surface area contributed by atoms with Crippen LogP contribution in [0.3, 0.4) is 0 Å². The average Bonchev–Trinajstić information content (AvgIpc) is 2.67. The summed E-state index contributed by atoms with van der Waals surface area (Å²) in [5, 5.41) is 8.96. The molecule has 144 valence electrons. The molecule has 0 radical (unpaired) electrons. The van der Waals surface area contributed by atoms with Crippen molar-refractivity contribution in [3.8, 4) is 29.2 Å². The van der Waals surface area contributed by atoms with Crippen LogP contribution in [0.5, 0.6) is 0 Å². The minimum atomic E-state index is -0.657. The predicted molar refractivity (Wildman–Crippen MR) is 106 cm³/mol. The maximum Gasteiger partial charge on any atom is 0.268 e. The van der Waals surface area contributed by atoms with Gasteiger partial charge in [-0.15, -0.1) is 0 Å². The van der Waals surface area contributed by atoms with E-state index in [1.807, 2.05) is 18.7 Å². The van der Waals surface area contributed by atoms with Gasteiger partial charge in [0, 0.05) is 30.6 Å². The third kappa shape index (κ3) is 4.21. The third-order valence-electron chi connectivity index (χ3n) is 4.59. The number of aromatic nitrogens is 2. The van der Waals surface area contributed by atoms with E-state index in [9.17, 15) is 9.18 Å². The van der Waals surface area contributed by atoms with Crippen LogP contribution in [0.25, 0.3) is 11.3 Å². The van der Waals surface area contributed by atoms with E-state index in [2.05, 4.69) is 21.8 Å². The first-order valence-corrected chi connectivity index (χ1v) is 9.25. The number of nitrogens with two attached hydrogens (primary N) is 1. The van der Waals surface area contributed by atoms with Crippen LogP contribution in [-0.4, -0.2) is 29.1 Å². The molecule has 1 fully saturated rings. The summed E-state index contributed by atoms with van der Waals surface area (Å²) >= 11 is 0. The van der Waals surface area contributed by atoms with Gasteiger partial charge in [-0.2, -0.15) is 5.26 Å². The van der Waals surface area contributed by atoms with Gasteiger partial charge in [0.25, 0.3) is 5.56 Å². The zero-order chi connectivity index (χ0) is 20.3. The Balaban J connectivity index is 2.14. The Kier molecular flexibility index (Phi) is 5.77. The Morgan fingerprint density at radius 1 is 1.36 bits per heavy atom. The third-order valence-corrected chi connectivity index (χ3v) is 4.59. The molecule has 0 atom stereocenters. The summed E-state index contributed by atoms with van der Waals surface area (Å²) in [6.07, 6.45) is 1.61. The number of piperidine rings is 1. The molecule has 1 aliphatic heterocycles. The van der Waals surface area contributed by atoms with Crippen LogP contribution < -0.4 is 16.2 Å². The summed E-state index contributed by atoms with van der Waals surface area (Å²) in [4.78, 5) is 22.1. The van der Waals surface area contributed by atoms with Crippen molar-refractivity contribution in [3.63, 3.8) is 0 Å². The molecule has 0 saturated carbocycles. The van der Waals surface area contributed by atoms with Crippen molar-refractivity contribution < 1.29 is 4.39 Å². The molecule has 2 heterocycles. The molecule has 0 spiro atoms. The summed E-state index contributed by atoms with van der Waals surface area (Å²) in [5.74, 6) is 5.68. The van der Waals surface area contributed by atoms with Gasteiger partial charge in [-0.1, -0.05) is 31.8 Å². The van der Waals surface area contributed by atoms with E-state index < -0.39 is 5.82 Å². The molecular formula is C21H22FN5O. The lowest BCUT2D eigenvalue weighted by Gasteiger charge is -2.30. The second kappa shape index (κ2) is 8.24. The molecule has 0 amide bonds. The van der Waals surface area contributed by atoms with E-state index in [4.69, 9.17) is 11.0 Å². The summed E-state index contributed by atoms with van der Waals surface area (Å²) in [5.41, 5.74) is 6.44. The molecule has 0 unspecified atom stereocenters. The Bertz CT molecular complexity index is 1030. The number of nitrogens with one attached hydrogen (secondary N) is 1. The largest absolute Gasteiger partial charge is 0.342 e. The Hall–Kier alpha value is -3.16. The monoisotopic (exact) mass is 379 g/mol. The van der Waals surface area contributed by atoms with Crippen LogP contribution in [0.15, 0.2) is 23.0 Å². The van der Waals surface area contributed by atoms with Crippen molar-refractivity contribution in [2.24, 2.45) is 11.7 Å². The van der Waals surface area contributed by atoms with Crippen LogP contribution in [-0.2, 0) is 0 Å². The van der Waals surface area contributed by atoms with Gasteiger partial charge in [0.1, 0.15) is 17.4 Å². The Morgan fingerprint density at radius 2 is 2.07 bits per heavy atom. The predicted octanol–water partition coefficient (Wildman–Crippen LogP) is 2.38. The van der Waals surface area contributed by atoms with E-state index in [0.717, 1.165) is 12.8 Å². The number of rotatable bonds is 2. The molecule has 3 N–H and O–H groups in total. The minimum absolute atomic E-state index is 0.0614. The number of hydrogen-bond acceptors (Lipinski definition) is 5. The number of benzene rings is 1. The van der Waals surface area contributed by atoms with E-state index in [-0.39, 0.29) is 28.6 Å². The van der Waals surface area contributed by atoms with Gasteiger partial charge in [0.2, 0.25) is 5.95 Å². The second-order valence-corrected chi connectivity index (χ2v) is 7.17. The fourth-order valence-corrected chi connectivity index (χ4v) is 3.02. The van der Waals surface area contributed by atoms with E-state index in [1.54, 1.807) is 12.1 Å². The quantitative estimate of drug-likeness (QED) is 0.781. The zero-order valence-corrected chi connectivity index (χ0v) is 15.9. The number of anilines is 1. The van der Waals surface area contributed by atoms with E-state index >= 15 is 0 Å². The normalized spacial score (nSPS) is 14.5. The SMILES string of the molecule is CC(C)C#Cc1c(-c2ccc(C#N)c(F)c2)nc(N2CCC(N)CC2)[nH]c1=O. The molecule has 1 aliphatic rings. The Morgan fingerprint density at radius 3 is 2.68 bits per heavy atom. The van der Waals surface area contributed by atoms with Crippen molar-refractivity contribution in [3.05, 3.63) is 45.5 Å². The molecule has 7 heteroatoms. The summed E-state index contributed by atoms with van der Waals surface area (Å²) < 4.78 is 14.2. The van der Waals surface area contributed by atoms with Gasteiger partial charge in [-0.3, -0.25) is 9.78 Å². The molecule has 0 bridgehead atoms. The first-order valence-electron chi connectivity index (χ1n) is 9.25. The van der Waals surface area contributed by atoms with E-state index in [0.29, 0.717) is 30.3 Å². The fourth-order valence-electron chi connectivity index (χ4n) is 3.02. The average molecular weight is 379 g/mol. The number of hydrogen-bond donors (Lipinski definition) is 2. The standard InChI is InChI=1S/C21H22FN5O/c1-13(2)3-6-17-19(14-4-5-15(12-23)18(22)11-14)25-21(26-20(17)28)27-9-7-16(24)8-10-27/h4-5,11,13,16H,7-10,24H2,1-2H3,(H,25,26,28). The maximum atomic E-state index is 14.2. The molecule has 1 aromatic heterocycles. The molecule has 2 aromatic rings. The smallest absolute Gasteiger partial charge is 0.268 e. The number of halogens is 1. The molecule has 6 nitrogen and oxygen atoms in total. The van der Waals surface area contributed by atoms with Gasteiger partial charge in [-0.25, -0.2) is 9.37 Å². The van der Waals surface area contributed by atoms with Crippen LogP contribution in [0.2, 0.25) is 0 Å². The molecule has 28 heavy (non-hydrogen) atoms. The molecule has 3 rings (SSSR count). The van der Waals surface area contributed by atoms with E-state index in [1.165, 1.54) is 12.1 Å². The first-order chi connectivity index (χ1) is 13.4. The summed E-state index contributed by atoms with van der Waals surface area (Å²) in [6.45, 7) is 5.20. The van der Waals surface area contributed by atoms with Crippen LogP contribution >= 0.6 is 0 Å². The topological polar surface area (TPSA) is 98.8 Å². The van der Waals surface area contributed by atoms with Crippen molar-refractivity contribution in [1.29, 1.82) is 5.26 Å². The highest BCUT2D eigenvalue weighted by Gasteiger charge is 2.21. The van der Waals surface area contributed by atoms with Crippen molar-refractivity contribution in [2.45, 2.75) is 32.7 Å². The number of nitriles is 1. The lowest BCUT2D eigenvalue weighted by molar-refractivity contribution is 0.495. The van der Waals surface area contributed by atoms with Crippen molar-refractivity contribution >= 4 is 5.95 Å². The molecule has 1 aromatic carbocycles. The second-order valence-electron chi connectivity index (χ2n) is 7.17. The van der Waals surface area contributed by atoms with Crippen molar-refractivity contribution in [2.75, 3.05) is 18.0 Å². The Labute approximate surface area is 163 Å². The number of nitrogens with zero attached hydrogens (tertiary/aromatic N) is 3. The van der Waals surface area contributed by atoms with Crippen LogP contribution in [0.4, 0.5) is 10.3 Å². The van der Waals surface area contributed by atoms with Crippen molar-refractivity contribution in [1.82, 2.24) is 9.97 Å². The molecule has 0 aliphatic carbocycles. The lowest BCUT2D eigenvalue weighted by atomic mass is 10.0. The molecule has 1 saturated heterocycles. The minimum Gasteiger partial charge on any atom is -0.342 e. The first kappa shape index (κ1) is 19.6.